The van der Waals surface area contributed by atoms with Crippen LogP contribution in [0.1, 0.15) is 22.3 Å². The second-order valence-corrected chi connectivity index (χ2v) is 8.34. The highest BCUT2D eigenvalue weighted by atomic mass is 16.5. The number of hydrogen-bond acceptors (Lipinski definition) is 5. The number of phenols is 3. The molecule has 33 heavy (non-hydrogen) atoms. The summed E-state index contributed by atoms with van der Waals surface area (Å²) in [5.41, 5.74) is 5.40. The van der Waals surface area contributed by atoms with Gasteiger partial charge in [0.2, 0.25) is 0 Å². The average Bonchev–Trinajstić information content (AvgIpc) is 2.74. The zero-order valence-corrected chi connectivity index (χ0v) is 19.1. The summed E-state index contributed by atoms with van der Waals surface area (Å²) < 4.78 is 6.28. The highest BCUT2D eigenvalue weighted by Gasteiger charge is 2.20. The lowest BCUT2D eigenvalue weighted by Gasteiger charge is -2.28. The predicted octanol–water partition coefficient (Wildman–Crippen LogP) is 7.30. The SMILES string of the molecule is Cc1cc(O)cc(N(c2cc(C)cc(O)c2)c2ccccc2Oc2c(C)ccc(C)c2O)c1. The molecule has 0 saturated carbocycles. The van der Waals surface area contributed by atoms with Gasteiger partial charge in [-0.2, -0.15) is 0 Å². The van der Waals surface area contributed by atoms with Crippen LogP contribution in [0.3, 0.4) is 0 Å². The first-order chi connectivity index (χ1) is 15.7. The first kappa shape index (κ1) is 22.1. The van der Waals surface area contributed by atoms with Crippen LogP contribution in [0.4, 0.5) is 17.1 Å². The fraction of sp³-hybridized carbons (Fsp3) is 0.143. The van der Waals surface area contributed by atoms with Crippen LogP contribution in [0.25, 0.3) is 0 Å². The van der Waals surface area contributed by atoms with E-state index in [0.29, 0.717) is 28.6 Å². The summed E-state index contributed by atoms with van der Waals surface area (Å²) in [6, 6.07) is 21.8. The van der Waals surface area contributed by atoms with Crippen LogP contribution in [-0.2, 0) is 0 Å². The molecular weight excluding hydrogens is 414 g/mol. The van der Waals surface area contributed by atoms with Gasteiger partial charge in [0.15, 0.2) is 17.2 Å². The number of para-hydroxylation sites is 2. The van der Waals surface area contributed by atoms with Gasteiger partial charge in [-0.1, -0.05) is 24.3 Å². The van der Waals surface area contributed by atoms with Crippen molar-refractivity contribution in [1.82, 2.24) is 0 Å². The number of aromatic hydroxyl groups is 3. The van der Waals surface area contributed by atoms with Gasteiger partial charge in [-0.25, -0.2) is 0 Å². The van der Waals surface area contributed by atoms with Gasteiger partial charge in [0.05, 0.1) is 17.1 Å². The Labute approximate surface area is 193 Å². The van der Waals surface area contributed by atoms with Crippen molar-refractivity contribution in [2.75, 3.05) is 4.90 Å². The van der Waals surface area contributed by atoms with Crippen molar-refractivity contribution in [1.29, 1.82) is 0 Å². The molecular formula is C28H27NO4. The molecule has 0 unspecified atom stereocenters. The van der Waals surface area contributed by atoms with Crippen LogP contribution < -0.4 is 9.64 Å². The molecule has 4 aromatic carbocycles. The number of hydrogen-bond donors (Lipinski definition) is 3. The van der Waals surface area contributed by atoms with Crippen molar-refractivity contribution >= 4 is 17.1 Å². The Bertz CT molecular complexity index is 1240. The first-order valence-corrected chi connectivity index (χ1v) is 10.7. The summed E-state index contributed by atoms with van der Waals surface area (Å²) in [7, 11) is 0. The zero-order chi connectivity index (χ0) is 23.7. The molecule has 0 amide bonds. The maximum Gasteiger partial charge on any atom is 0.172 e. The number of benzene rings is 4. The van der Waals surface area contributed by atoms with Gasteiger partial charge in [-0.3, -0.25) is 0 Å². The van der Waals surface area contributed by atoms with E-state index in [0.717, 1.165) is 22.3 Å². The molecule has 0 heterocycles. The zero-order valence-electron chi connectivity index (χ0n) is 19.1. The maximum absolute atomic E-state index is 10.6. The smallest absolute Gasteiger partial charge is 0.172 e. The Hall–Kier alpha value is -4.12. The molecule has 0 aromatic heterocycles. The third-order valence-electron chi connectivity index (χ3n) is 5.46. The minimum atomic E-state index is 0.0951. The standard InChI is InChI=1S/C28H27NO4/c1-17-11-21(15-23(30)13-17)29(22-12-18(2)14-24(31)16-22)25-7-5-6-8-26(25)33-28-20(4)10-9-19(3)27(28)32/h5-16,30-32H,1-4H3. The van der Waals surface area contributed by atoms with Crippen LogP contribution in [0.15, 0.2) is 72.8 Å². The highest BCUT2D eigenvalue weighted by molar-refractivity contribution is 5.82. The third kappa shape index (κ3) is 4.58. The molecule has 0 bridgehead atoms. The molecule has 5 nitrogen and oxygen atoms in total. The van der Waals surface area contributed by atoms with Gasteiger partial charge in [-0.05, 0) is 86.3 Å². The minimum absolute atomic E-state index is 0.0951. The van der Waals surface area contributed by atoms with E-state index in [1.807, 2.05) is 81.1 Å². The highest BCUT2D eigenvalue weighted by Crippen LogP contribution is 2.45. The molecule has 0 radical (unpaired) electrons. The fourth-order valence-corrected chi connectivity index (χ4v) is 3.91. The van der Waals surface area contributed by atoms with Crippen molar-refractivity contribution in [2.24, 2.45) is 0 Å². The average molecular weight is 442 g/mol. The largest absolute Gasteiger partial charge is 0.508 e. The molecule has 0 fully saturated rings. The van der Waals surface area contributed by atoms with Crippen molar-refractivity contribution in [3.63, 3.8) is 0 Å². The van der Waals surface area contributed by atoms with Crippen molar-refractivity contribution in [3.05, 3.63) is 95.1 Å². The molecule has 4 aromatic rings. The van der Waals surface area contributed by atoms with Crippen LogP contribution >= 0.6 is 0 Å². The van der Waals surface area contributed by atoms with Crippen molar-refractivity contribution in [2.45, 2.75) is 27.7 Å². The second kappa shape index (κ2) is 8.79. The molecule has 0 saturated heterocycles. The number of anilines is 3. The van der Waals surface area contributed by atoms with Crippen molar-refractivity contribution < 1.29 is 20.1 Å². The number of ether oxygens (including phenoxy) is 1. The lowest BCUT2D eigenvalue weighted by molar-refractivity contribution is 0.407. The van der Waals surface area contributed by atoms with Crippen LogP contribution in [0, 0.1) is 27.7 Å². The number of phenolic OH excluding ortho intramolecular Hbond substituents is 3. The molecule has 4 rings (SSSR count). The summed E-state index contributed by atoms with van der Waals surface area (Å²) in [6.45, 7) is 7.52. The molecule has 3 N–H and O–H groups in total. The van der Waals surface area contributed by atoms with Crippen LogP contribution in [0.2, 0.25) is 0 Å². The Morgan fingerprint density at radius 3 is 1.76 bits per heavy atom. The summed E-state index contributed by atoms with van der Waals surface area (Å²) >= 11 is 0. The van der Waals surface area contributed by atoms with Gasteiger partial charge in [-0.15, -0.1) is 0 Å². The van der Waals surface area contributed by atoms with Gasteiger partial charge in [0.1, 0.15) is 11.5 Å². The molecule has 0 aliphatic carbocycles. The Balaban J connectivity index is 1.93. The molecule has 0 atom stereocenters. The van der Waals surface area contributed by atoms with Gasteiger partial charge in [0, 0.05) is 12.1 Å². The van der Waals surface area contributed by atoms with E-state index >= 15 is 0 Å². The summed E-state index contributed by atoms with van der Waals surface area (Å²) in [4.78, 5) is 1.91. The first-order valence-electron chi connectivity index (χ1n) is 10.7. The summed E-state index contributed by atoms with van der Waals surface area (Å²) in [6.07, 6.45) is 0. The van der Waals surface area contributed by atoms with Crippen LogP contribution in [0.5, 0.6) is 28.7 Å². The number of nitrogens with zero attached hydrogens (tertiary/aromatic N) is 1. The van der Waals surface area contributed by atoms with E-state index in [2.05, 4.69) is 0 Å². The Kier molecular flexibility index (Phi) is 5.88. The molecule has 5 heteroatoms. The van der Waals surface area contributed by atoms with E-state index in [9.17, 15) is 15.3 Å². The lowest BCUT2D eigenvalue weighted by atomic mass is 10.1. The maximum atomic E-state index is 10.6. The third-order valence-corrected chi connectivity index (χ3v) is 5.46. The predicted molar refractivity (Wildman–Crippen MR) is 132 cm³/mol. The normalized spacial score (nSPS) is 10.8. The summed E-state index contributed by atoms with van der Waals surface area (Å²) in [5, 5.41) is 31.3. The Morgan fingerprint density at radius 1 is 0.636 bits per heavy atom. The molecule has 0 aliphatic rings. The number of rotatable bonds is 5. The van der Waals surface area contributed by atoms with E-state index < -0.39 is 0 Å². The summed E-state index contributed by atoms with van der Waals surface area (Å²) in [5.74, 6) is 1.28. The molecule has 0 aliphatic heterocycles. The van der Waals surface area contributed by atoms with Gasteiger partial charge in [0.25, 0.3) is 0 Å². The topological polar surface area (TPSA) is 73.2 Å². The number of aryl methyl sites for hydroxylation is 4. The van der Waals surface area contributed by atoms with E-state index in [1.165, 1.54) is 0 Å². The van der Waals surface area contributed by atoms with Crippen molar-refractivity contribution in [3.8, 4) is 28.7 Å². The quantitative estimate of drug-likeness (QED) is 0.303. The lowest BCUT2D eigenvalue weighted by Crippen LogP contribution is -2.11. The van der Waals surface area contributed by atoms with E-state index in [-0.39, 0.29) is 17.2 Å². The minimum Gasteiger partial charge on any atom is -0.508 e. The fourth-order valence-electron chi connectivity index (χ4n) is 3.91. The van der Waals surface area contributed by atoms with Gasteiger partial charge >= 0.3 is 0 Å². The van der Waals surface area contributed by atoms with Crippen LogP contribution in [-0.4, -0.2) is 15.3 Å². The molecule has 0 spiro atoms. The van der Waals surface area contributed by atoms with Gasteiger partial charge < -0.3 is 25.0 Å². The van der Waals surface area contributed by atoms with E-state index in [4.69, 9.17) is 4.74 Å². The Morgan fingerprint density at radius 2 is 1.18 bits per heavy atom. The monoisotopic (exact) mass is 441 g/mol. The second-order valence-electron chi connectivity index (χ2n) is 8.34. The molecule has 168 valence electrons. The van der Waals surface area contributed by atoms with E-state index in [1.54, 1.807) is 24.3 Å².